The summed E-state index contributed by atoms with van der Waals surface area (Å²) in [6.45, 7) is 19.2. The van der Waals surface area contributed by atoms with Crippen LogP contribution in [0.1, 0.15) is 246 Å². The largest absolute Gasteiger partial charge is 2.00 e. The van der Waals surface area contributed by atoms with Crippen LogP contribution >= 0.6 is 138 Å². The maximum absolute atomic E-state index is 13.4. The summed E-state index contributed by atoms with van der Waals surface area (Å²) in [5.74, 6) is 3.34. The molecule has 27 nitrogen and oxygen atoms in total. The second kappa shape index (κ2) is 54.6. The molecule has 4 fully saturated rings. The van der Waals surface area contributed by atoms with E-state index in [2.05, 4.69) is 106 Å². The van der Waals surface area contributed by atoms with Crippen molar-refractivity contribution in [1.29, 1.82) is 0 Å². The summed E-state index contributed by atoms with van der Waals surface area (Å²) in [4.78, 5) is 99.6. The van der Waals surface area contributed by atoms with Gasteiger partial charge in [0.15, 0.2) is 5.78 Å². The first-order chi connectivity index (χ1) is 66.0. The van der Waals surface area contributed by atoms with Gasteiger partial charge in [0.1, 0.15) is 69.7 Å². The van der Waals surface area contributed by atoms with Gasteiger partial charge in [-0.3, -0.25) is 28.2 Å². The zero-order valence-electron chi connectivity index (χ0n) is 78.5. The molecule has 8 aromatic heterocycles. The van der Waals surface area contributed by atoms with Crippen molar-refractivity contribution in [2.75, 3.05) is 41.1 Å². The van der Waals surface area contributed by atoms with Crippen molar-refractivity contribution in [3.8, 4) is 0 Å². The molecular weight excluding hydrogens is 2160 g/mol. The number of hydrogen-bond acceptors (Lipinski definition) is 30. The average Bonchev–Trinajstić information content (AvgIpc) is 1.56. The second-order valence-electron chi connectivity index (χ2n) is 35.1. The number of nitrogens with two attached hydrogens (primary N) is 1. The minimum Gasteiger partial charge on any atom is -1.00 e. The number of carbonyl (C=O) groups is 5. The third-order valence-electron chi connectivity index (χ3n) is 25.1. The smallest absolute Gasteiger partial charge is 1.00 e. The molecule has 16 rings (SSSR count). The number of Topliss-reactive ketones (excluding diaryl/α,β-unsaturated/α-hetero) is 1. The van der Waals surface area contributed by atoms with Crippen LogP contribution in [0.2, 0.25) is 37.4 Å². The van der Waals surface area contributed by atoms with Gasteiger partial charge in [-0.1, -0.05) is 178 Å². The van der Waals surface area contributed by atoms with E-state index >= 15 is 0 Å². The summed E-state index contributed by atoms with van der Waals surface area (Å²) in [5, 5.41) is 81.7. The Hall–Kier alpha value is -7.25. The number of thiophene rings is 4. The molecule has 4 aromatic carbocycles. The number of ketones is 5. The monoisotopic (exact) mass is 2260 g/mol. The molecule has 4 aliphatic carbocycles. The Morgan fingerprint density at radius 1 is 0.458 bits per heavy atom. The molecular formula is C100H112BrCl8MgN13O14S5. The van der Waals surface area contributed by atoms with E-state index in [0.29, 0.717) is 158 Å². The number of nitrogens with zero attached hydrogens (tertiary/aromatic N) is 8. The quantitative estimate of drug-likeness (QED) is 0.0118. The number of aromatic nitrogens is 8. The van der Waals surface area contributed by atoms with E-state index in [4.69, 9.17) is 103 Å². The molecule has 0 amide bonds. The van der Waals surface area contributed by atoms with Gasteiger partial charge in [-0.05, 0) is 199 Å². The van der Waals surface area contributed by atoms with Crippen molar-refractivity contribution in [2.45, 2.75) is 188 Å². The molecule has 0 bridgehead atoms. The Morgan fingerprint density at radius 3 is 1.03 bits per heavy atom. The molecule has 4 saturated carbocycles. The Kier molecular flexibility index (Phi) is 46.1. The molecule has 4 aliphatic rings. The summed E-state index contributed by atoms with van der Waals surface area (Å²) in [6.07, 6.45) is 19.6. The van der Waals surface area contributed by atoms with Gasteiger partial charge in [0.05, 0.1) is 67.5 Å². The first-order valence-corrected chi connectivity index (χ1v) is 52.5. The minimum absolute atomic E-state index is 0. The van der Waals surface area contributed by atoms with Gasteiger partial charge in [0, 0.05) is 105 Å². The van der Waals surface area contributed by atoms with Crippen molar-refractivity contribution in [3.63, 3.8) is 0 Å². The summed E-state index contributed by atoms with van der Waals surface area (Å²) in [5.41, 5.74) is 0.308. The van der Waals surface area contributed by atoms with Crippen LogP contribution in [0.4, 0.5) is 23.3 Å². The SMILES string of the molecule is C.CC(O)(c1cccc(Cl)c1)c1cc(C(=O)c2cncnc2N[C@@H]2C[C@H](COS(N)(=O)=O)[C@@H](O)C2)sc1Cl.CCO.CC[C@H]1C[C@@H](Nc2ncncc2C(=O)c2cc(C(C)(O)c3cccc(Cl)c3)c(Cl)s2)C[C@@H]1C.CC[C@H]1C[C@@H](Nc2ncncc2C(=O)c2cc(C(C)=O)c(Cl)s2)C[C@@H]1C.C[C@H]1C[C@H](Nc2ncncc2C(=O)c2cc(C(C)(O)c3cccc(Cl)c3)c(Cl)s2)C[C@@H]1CO.Clc1c[c-]ccc1.[Br-].[Mg+2]. The number of aliphatic hydroxyl groups excluding tert-OH is 3. The van der Waals surface area contributed by atoms with Gasteiger partial charge in [-0.2, -0.15) is 50.4 Å². The van der Waals surface area contributed by atoms with Crippen molar-refractivity contribution in [3.05, 3.63) is 296 Å². The van der Waals surface area contributed by atoms with E-state index in [1.807, 2.05) is 18.2 Å². The number of anilines is 4. The van der Waals surface area contributed by atoms with Crippen molar-refractivity contribution < 1.29 is 84.2 Å². The van der Waals surface area contributed by atoms with Crippen molar-refractivity contribution in [2.24, 2.45) is 46.6 Å². The van der Waals surface area contributed by atoms with Gasteiger partial charge in [-0.25, -0.2) is 45.0 Å². The third-order valence-corrected chi connectivity index (χ3v) is 32.0. The average molecular weight is 2270 g/mol. The van der Waals surface area contributed by atoms with Crippen LogP contribution in [-0.2, 0) is 31.3 Å². The maximum atomic E-state index is 13.4. The zero-order chi connectivity index (χ0) is 101. The molecule has 12 aromatic rings. The fourth-order valence-corrected chi connectivity index (χ4v) is 24.1. The first-order valence-electron chi connectivity index (χ1n) is 44.8. The van der Waals surface area contributed by atoms with Gasteiger partial charge < -0.3 is 68.9 Å². The van der Waals surface area contributed by atoms with Crippen molar-refractivity contribution >= 4 is 224 Å². The van der Waals surface area contributed by atoms with E-state index in [1.54, 1.807) is 125 Å². The van der Waals surface area contributed by atoms with Crippen LogP contribution in [0.25, 0.3) is 0 Å². The third kappa shape index (κ3) is 31.4. The van der Waals surface area contributed by atoms with Crippen LogP contribution < -0.4 is 43.4 Å². The number of halogens is 9. The predicted octanol–water partition coefficient (Wildman–Crippen LogP) is 19.1. The zero-order valence-corrected chi connectivity index (χ0v) is 91.7. The molecule has 8 heterocycles. The van der Waals surface area contributed by atoms with Gasteiger partial charge >= 0.3 is 33.4 Å². The Labute approximate surface area is 910 Å². The predicted molar refractivity (Wildman–Crippen MR) is 566 cm³/mol. The second-order valence-corrected chi connectivity index (χ2v) is 44.6. The number of carbonyl (C=O) groups excluding carboxylic acids is 5. The van der Waals surface area contributed by atoms with E-state index in [1.165, 1.54) is 63.1 Å². The normalized spacial score (nSPS) is 20.6. The molecule has 0 saturated heterocycles. The van der Waals surface area contributed by atoms with Gasteiger partial charge in [-0.15, -0.1) is 45.3 Å². The first kappa shape index (κ1) is 120. The summed E-state index contributed by atoms with van der Waals surface area (Å²) < 4.78 is 28.0. The van der Waals surface area contributed by atoms with Crippen LogP contribution in [0.3, 0.4) is 0 Å². The minimum atomic E-state index is -4.12. The van der Waals surface area contributed by atoms with E-state index in [0.717, 1.165) is 102 Å². The molecule has 0 aliphatic heterocycles. The standard InChI is InChI=1S/C25H27Cl2N3O2S.C24H25Cl2N3O3S.C23H24Cl2N4O6S2.C19H22ClN3O2S.C6H4Cl.C2H6O.CH4.BrH.Mg/c1-4-15-9-18(8-14(15)2)30-24-19(12-28-13-29-24)22(31)21-11-20(23(27)33-21)25(3,32)16-6-5-7-17(26)10-16;1-13-6-17(7-14(13)11-30)29-23-18(10-27-12-28-23)21(31)20-9-19(22(26)33-20)24(2,32)15-4-3-5-16(25)8-15;1-23(32,13-3-2-4-14(24)6-13)17-8-19(36-21(17)25)20(31)16-9-27-11-28-22(16)29-15-5-12(18(30)7-15)10-35-37(26,33)34;1-4-12-6-13(5-10(12)2)23-19-15(8-21-9-22-19)17(25)16-7-14(11(3)24)18(20)26-16;7-6-4-2-1-3-5-6;1-2-3;;;/h5-7,10-15,18,32H,4,8-9H2,1-3H3,(H,28,29,30);3-5,8-10,12-14,17,30,32H,6-7,11H2,1-2H3,(H,27,28,29);2-4,6,8-9,11-12,15,18,30,32H,5,7,10H2,1H3,(H2,26,33,34)(H,27,28,29);7-10,12-13H,4-6H2,1-3H3,(H,21,22,23);1-2,4-5H;3H,2H2,1H3;1H4;1H;/q;;;;-1;;;;+2/p-1/t14-,15-,18-,25?;13-,14+,17-,24?;12-,15-,18+,23?;10-,12-,13-;;;;;/m0010...../s1. The fraction of sp³-hybridized carbons (Fsp3) is 0.390. The van der Waals surface area contributed by atoms with Gasteiger partial charge in [0.25, 0.3) is 0 Å². The Morgan fingerprint density at radius 2 is 0.761 bits per heavy atom. The van der Waals surface area contributed by atoms with Crippen LogP contribution in [-0.4, -0.2) is 181 Å². The van der Waals surface area contributed by atoms with Crippen LogP contribution in [0, 0.1) is 47.5 Å². The number of benzene rings is 4. The molecule has 15 atom stereocenters. The molecule has 756 valence electrons. The number of rotatable bonds is 29. The summed E-state index contributed by atoms with van der Waals surface area (Å²) >= 11 is 53.7. The Bertz CT molecular complexity index is 6210. The number of hydrogen-bond donors (Lipinski definition) is 11. The van der Waals surface area contributed by atoms with Crippen LogP contribution in [0.15, 0.2) is 171 Å². The van der Waals surface area contributed by atoms with E-state index < -0.39 is 44.9 Å². The fourth-order valence-electron chi connectivity index (χ4n) is 17.5. The molecule has 3 unspecified atom stereocenters. The van der Waals surface area contributed by atoms with E-state index in [-0.39, 0.29) is 141 Å². The van der Waals surface area contributed by atoms with Crippen molar-refractivity contribution in [1.82, 2.24) is 39.9 Å². The summed E-state index contributed by atoms with van der Waals surface area (Å²) in [7, 11) is -4.12. The van der Waals surface area contributed by atoms with Crippen LogP contribution in [0.5, 0.6) is 0 Å². The molecule has 42 heteroatoms. The Balaban J connectivity index is 0.000000223. The number of nitrogens with one attached hydrogen (secondary N) is 4. The maximum Gasteiger partial charge on any atom is 2.00 e. The molecule has 0 spiro atoms. The molecule has 0 radical (unpaired) electrons. The topological polar surface area (TPSA) is 427 Å². The van der Waals surface area contributed by atoms with E-state index in [9.17, 15) is 57.9 Å². The molecule has 12 N–H and O–H groups in total. The van der Waals surface area contributed by atoms with Gasteiger partial charge in [0.2, 0.25) is 23.1 Å². The molecule has 142 heavy (non-hydrogen) atoms. The number of aliphatic hydroxyl groups is 6. The summed E-state index contributed by atoms with van der Waals surface area (Å²) in [6, 6.07) is 37.4.